The van der Waals surface area contributed by atoms with Crippen molar-refractivity contribution in [1.29, 1.82) is 0 Å². The quantitative estimate of drug-likeness (QED) is 0.530. The van der Waals surface area contributed by atoms with Crippen LogP contribution in [-0.4, -0.2) is 63.3 Å². The molecule has 4 rings (SSSR count). The number of aliphatic carboxylic acids is 2. The topological polar surface area (TPSA) is 116 Å². The third-order valence-corrected chi connectivity index (χ3v) is 5.27. The molecule has 3 N–H and O–H groups in total. The summed E-state index contributed by atoms with van der Waals surface area (Å²) in [6.07, 6.45) is 1.46. The lowest BCUT2D eigenvalue weighted by atomic mass is 10.0. The van der Waals surface area contributed by atoms with Crippen molar-refractivity contribution in [3.63, 3.8) is 0 Å². The van der Waals surface area contributed by atoms with Gasteiger partial charge in [-0.25, -0.2) is 19.0 Å². The Morgan fingerprint density at radius 1 is 1.16 bits per heavy atom. The molecule has 0 aliphatic carbocycles. The molecule has 0 bridgehead atoms. The highest BCUT2D eigenvalue weighted by Crippen LogP contribution is 2.31. The van der Waals surface area contributed by atoms with Gasteiger partial charge in [-0.2, -0.15) is 0 Å². The number of imidazole rings is 1. The number of hydrogen-bond donors (Lipinski definition) is 3. The Labute approximate surface area is 184 Å². The first kappa shape index (κ1) is 23.4. The van der Waals surface area contributed by atoms with Crippen molar-refractivity contribution in [3.05, 3.63) is 65.2 Å². The highest BCUT2D eigenvalue weighted by molar-refractivity contribution is 6.27. The molecular weight excluding hydrogens is 417 g/mol. The van der Waals surface area contributed by atoms with E-state index < -0.39 is 18.0 Å². The maximum absolute atomic E-state index is 14.6. The second-order valence-electron chi connectivity index (χ2n) is 7.79. The minimum absolute atomic E-state index is 0.101. The van der Waals surface area contributed by atoms with Crippen molar-refractivity contribution in [1.82, 2.24) is 14.9 Å². The molecule has 1 unspecified atom stereocenters. The summed E-state index contributed by atoms with van der Waals surface area (Å²) in [4.78, 5) is 28.5. The Morgan fingerprint density at radius 2 is 1.81 bits per heavy atom. The molecule has 0 amide bonds. The lowest BCUT2D eigenvalue weighted by Gasteiger charge is -2.31. The molecule has 170 valence electrons. The summed E-state index contributed by atoms with van der Waals surface area (Å²) in [7, 11) is 2.12. The SMILES string of the molecule is Cc1ccc(F)c(C(OC2CCN(C)CC2)c2nc3ccccc3[nH]2)c1.O=C(O)C(=O)O. The van der Waals surface area contributed by atoms with Gasteiger partial charge in [-0.1, -0.05) is 29.8 Å². The highest BCUT2D eigenvalue weighted by Gasteiger charge is 2.27. The number of rotatable bonds is 4. The van der Waals surface area contributed by atoms with E-state index in [9.17, 15) is 4.39 Å². The molecule has 0 saturated carbocycles. The van der Waals surface area contributed by atoms with Crippen LogP contribution in [0.3, 0.4) is 0 Å². The van der Waals surface area contributed by atoms with Crippen LogP contribution in [0.1, 0.15) is 35.9 Å². The van der Waals surface area contributed by atoms with Crippen molar-refractivity contribution < 1.29 is 28.9 Å². The predicted octanol–water partition coefficient (Wildman–Crippen LogP) is 3.37. The van der Waals surface area contributed by atoms with Gasteiger partial charge in [0.05, 0.1) is 17.1 Å². The molecule has 3 aromatic rings. The maximum Gasteiger partial charge on any atom is 0.414 e. The third kappa shape index (κ3) is 5.89. The molecule has 0 radical (unpaired) electrons. The van der Waals surface area contributed by atoms with Gasteiger partial charge in [0.2, 0.25) is 0 Å². The monoisotopic (exact) mass is 443 g/mol. The summed E-state index contributed by atoms with van der Waals surface area (Å²) < 4.78 is 21.1. The average molecular weight is 443 g/mol. The van der Waals surface area contributed by atoms with Crippen molar-refractivity contribution >= 4 is 23.0 Å². The number of piperidine rings is 1. The first-order valence-corrected chi connectivity index (χ1v) is 10.3. The van der Waals surface area contributed by atoms with Crippen LogP contribution < -0.4 is 0 Å². The summed E-state index contributed by atoms with van der Waals surface area (Å²) in [5.74, 6) is -3.24. The Bertz CT molecular complexity index is 1050. The molecule has 32 heavy (non-hydrogen) atoms. The van der Waals surface area contributed by atoms with Gasteiger partial charge in [-0.3, -0.25) is 0 Å². The fourth-order valence-corrected chi connectivity index (χ4v) is 3.56. The molecule has 2 heterocycles. The highest BCUT2D eigenvalue weighted by atomic mass is 19.1. The number of ether oxygens (including phenoxy) is 1. The summed E-state index contributed by atoms with van der Waals surface area (Å²) >= 11 is 0. The lowest BCUT2D eigenvalue weighted by Crippen LogP contribution is -2.35. The minimum Gasteiger partial charge on any atom is -0.473 e. The van der Waals surface area contributed by atoms with Gasteiger partial charge in [-0.15, -0.1) is 0 Å². The molecule has 2 aromatic carbocycles. The Morgan fingerprint density at radius 3 is 2.44 bits per heavy atom. The van der Waals surface area contributed by atoms with Crippen LogP contribution in [-0.2, 0) is 14.3 Å². The van der Waals surface area contributed by atoms with Crippen LogP contribution in [0.2, 0.25) is 0 Å². The van der Waals surface area contributed by atoms with Crippen molar-refractivity contribution in [2.24, 2.45) is 0 Å². The molecule has 1 aromatic heterocycles. The van der Waals surface area contributed by atoms with E-state index in [1.54, 1.807) is 6.07 Å². The molecule has 0 spiro atoms. The number of aromatic nitrogens is 2. The molecule has 1 aliphatic heterocycles. The van der Waals surface area contributed by atoms with Gasteiger partial charge < -0.3 is 24.8 Å². The summed E-state index contributed by atoms with van der Waals surface area (Å²) in [5.41, 5.74) is 3.36. The van der Waals surface area contributed by atoms with Crippen LogP contribution >= 0.6 is 0 Å². The zero-order chi connectivity index (χ0) is 23.3. The lowest BCUT2D eigenvalue weighted by molar-refractivity contribution is -0.159. The summed E-state index contributed by atoms with van der Waals surface area (Å²) in [6.45, 7) is 3.95. The number of carbonyl (C=O) groups is 2. The smallest absolute Gasteiger partial charge is 0.414 e. The maximum atomic E-state index is 14.6. The standard InChI is InChI=1S/C21H24FN3O.C2H2O4/c1-14-7-8-17(22)16(13-14)20(26-15-9-11-25(2)12-10-15)21-23-18-5-3-4-6-19(18)24-21;3-1(4)2(5)6/h3-8,13,15,20H,9-12H2,1-2H3,(H,23,24);(H,3,4)(H,5,6). The van der Waals surface area contributed by atoms with Gasteiger partial charge >= 0.3 is 11.9 Å². The molecular formula is C23H26FN3O5. The summed E-state index contributed by atoms with van der Waals surface area (Å²) in [5, 5.41) is 14.8. The van der Waals surface area contributed by atoms with E-state index in [1.807, 2.05) is 37.3 Å². The first-order valence-electron chi connectivity index (χ1n) is 10.3. The second-order valence-corrected chi connectivity index (χ2v) is 7.79. The molecule has 1 saturated heterocycles. The average Bonchev–Trinajstić information content (AvgIpc) is 3.19. The number of nitrogens with one attached hydrogen (secondary N) is 1. The van der Waals surface area contributed by atoms with E-state index in [-0.39, 0.29) is 11.9 Å². The van der Waals surface area contributed by atoms with Gasteiger partial charge in [0.1, 0.15) is 17.7 Å². The number of carboxylic acids is 2. The van der Waals surface area contributed by atoms with Crippen LogP contribution in [0.4, 0.5) is 4.39 Å². The number of fused-ring (bicyclic) bond motifs is 1. The molecule has 1 fully saturated rings. The number of carboxylic acid groups (broad SMARTS) is 2. The van der Waals surface area contributed by atoms with E-state index in [0.717, 1.165) is 42.5 Å². The summed E-state index contributed by atoms with van der Waals surface area (Å²) in [6, 6.07) is 13.0. The number of hydrogen-bond acceptors (Lipinski definition) is 5. The molecule has 9 heteroatoms. The minimum atomic E-state index is -1.82. The zero-order valence-electron chi connectivity index (χ0n) is 17.9. The number of nitrogens with zero attached hydrogens (tertiary/aromatic N) is 2. The van der Waals surface area contributed by atoms with Crippen molar-refractivity contribution in [3.8, 4) is 0 Å². The molecule has 1 atom stereocenters. The van der Waals surface area contributed by atoms with Gasteiger partial charge in [0.15, 0.2) is 0 Å². The normalized spacial score (nSPS) is 15.7. The van der Waals surface area contributed by atoms with E-state index >= 15 is 0 Å². The second kappa shape index (κ2) is 10.3. The number of benzene rings is 2. The van der Waals surface area contributed by atoms with Gasteiger partial charge in [0.25, 0.3) is 0 Å². The van der Waals surface area contributed by atoms with E-state index in [1.165, 1.54) is 6.07 Å². The predicted molar refractivity (Wildman–Crippen MR) is 116 cm³/mol. The van der Waals surface area contributed by atoms with Crippen LogP contribution in [0.15, 0.2) is 42.5 Å². The number of aryl methyl sites for hydroxylation is 1. The zero-order valence-corrected chi connectivity index (χ0v) is 17.9. The number of para-hydroxylation sites is 2. The fraction of sp³-hybridized carbons (Fsp3) is 0.348. The Kier molecular flexibility index (Phi) is 7.55. The van der Waals surface area contributed by atoms with Crippen LogP contribution in [0, 0.1) is 12.7 Å². The third-order valence-electron chi connectivity index (χ3n) is 5.27. The number of aromatic amines is 1. The number of halogens is 1. The van der Waals surface area contributed by atoms with E-state index in [4.69, 9.17) is 24.5 Å². The number of likely N-dealkylation sites (tertiary alicyclic amines) is 1. The Hall–Kier alpha value is -3.30. The van der Waals surface area contributed by atoms with Crippen LogP contribution in [0.25, 0.3) is 11.0 Å². The van der Waals surface area contributed by atoms with Crippen molar-refractivity contribution in [2.45, 2.75) is 32.0 Å². The molecule has 8 nitrogen and oxygen atoms in total. The van der Waals surface area contributed by atoms with Gasteiger partial charge in [-0.05, 0) is 45.0 Å². The largest absolute Gasteiger partial charge is 0.473 e. The van der Waals surface area contributed by atoms with E-state index in [2.05, 4.69) is 21.9 Å². The number of H-pyrrole nitrogens is 1. The van der Waals surface area contributed by atoms with Gasteiger partial charge in [0, 0.05) is 18.7 Å². The Balaban J connectivity index is 0.000000427. The van der Waals surface area contributed by atoms with Crippen LogP contribution in [0.5, 0.6) is 0 Å². The first-order chi connectivity index (χ1) is 15.2. The molecule has 1 aliphatic rings. The van der Waals surface area contributed by atoms with Crippen molar-refractivity contribution in [2.75, 3.05) is 20.1 Å². The van der Waals surface area contributed by atoms with E-state index in [0.29, 0.717) is 11.4 Å². The fourth-order valence-electron chi connectivity index (χ4n) is 3.56.